The van der Waals surface area contributed by atoms with Crippen molar-refractivity contribution >= 4 is 28.3 Å². The summed E-state index contributed by atoms with van der Waals surface area (Å²) in [6.45, 7) is 3.23. The maximum Gasteiger partial charge on any atom is 0.199 e. The van der Waals surface area contributed by atoms with E-state index in [1.54, 1.807) is 0 Å². The zero-order chi connectivity index (χ0) is 14.7. The van der Waals surface area contributed by atoms with E-state index in [-0.39, 0.29) is 0 Å². The van der Waals surface area contributed by atoms with E-state index in [9.17, 15) is 0 Å². The van der Waals surface area contributed by atoms with Crippen molar-refractivity contribution in [3.05, 3.63) is 59.3 Å². The van der Waals surface area contributed by atoms with Crippen LogP contribution in [0.4, 0.5) is 5.69 Å². The quantitative estimate of drug-likeness (QED) is 0.712. The minimum Gasteiger partial charge on any atom is -0.494 e. The third-order valence-electron chi connectivity index (χ3n) is 3.26. The van der Waals surface area contributed by atoms with Gasteiger partial charge in [0.1, 0.15) is 11.3 Å². The summed E-state index contributed by atoms with van der Waals surface area (Å²) >= 11 is 6.18. The highest BCUT2D eigenvalue weighted by Gasteiger charge is 2.11. The van der Waals surface area contributed by atoms with E-state index in [0.29, 0.717) is 18.4 Å². The van der Waals surface area contributed by atoms with Crippen LogP contribution in [0.25, 0.3) is 11.0 Å². The van der Waals surface area contributed by atoms with Gasteiger partial charge in [0.15, 0.2) is 5.22 Å². The number of nitrogens with one attached hydrogen (secondary N) is 1. The second kappa shape index (κ2) is 6.10. The molecule has 0 saturated heterocycles. The molecule has 108 valence electrons. The highest BCUT2D eigenvalue weighted by atomic mass is 35.5. The highest BCUT2D eigenvalue weighted by molar-refractivity contribution is 6.30. The number of fused-ring (bicyclic) bond motifs is 1. The topological polar surface area (TPSA) is 34.4 Å². The van der Waals surface area contributed by atoms with Crippen LogP contribution in [-0.4, -0.2) is 6.61 Å². The summed E-state index contributed by atoms with van der Waals surface area (Å²) in [6, 6.07) is 15.7. The summed E-state index contributed by atoms with van der Waals surface area (Å²) in [7, 11) is 0. The van der Waals surface area contributed by atoms with E-state index in [4.69, 9.17) is 20.8 Å². The summed E-state index contributed by atoms with van der Waals surface area (Å²) in [5, 5.41) is 4.83. The Morgan fingerprint density at radius 2 is 2.00 bits per heavy atom. The van der Waals surface area contributed by atoms with Crippen molar-refractivity contribution in [2.45, 2.75) is 13.5 Å². The fourth-order valence-electron chi connectivity index (χ4n) is 2.29. The maximum atomic E-state index is 6.18. The third kappa shape index (κ3) is 2.98. The van der Waals surface area contributed by atoms with Gasteiger partial charge in [-0.3, -0.25) is 0 Å². The highest BCUT2D eigenvalue weighted by Crippen LogP contribution is 2.30. The average molecular weight is 302 g/mol. The number of halogens is 1. The number of ether oxygens (including phenoxy) is 1. The Hall–Kier alpha value is -2.13. The van der Waals surface area contributed by atoms with Gasteiger partial charge in [-0.05, 0) is 36.7 Å². The normalized spacial score (nSPS) is 10.8. The first-order valence-electron chi connectivity index (χ1n) is 6.90. The Balaban J connectivity index is 1.80. The number of hydrogen-bond acceptors (Lipinski definition) is 3. The Labute approximate surface area is 128 Å². The summed E-state index contributed by atoms with van der Waals surface area (Å²) in [6.07, 6.45) is 0. The molecule has 0 aliphatic heterocycles. The first-order valence-corrected chi connectivity index (χ1v) is 7.28. The largest absolute Gasteiger partial charge is 0.494 e. The number of rotatable bonds is 5. The molecule has 2 aromatic carbocycles. The maximum absolute atomic E-state index is 6.18. The van der Waals surface area contributed by atoms with Crippen LogP contribution in [0.1, 0.15) is 12.5 Å². The lowest BCUT2D eigenvalue weighted by atomic mass is 10.2. The smallest absolute Gasteiger partial charge is 0.199 e. The first kappa shape index (κ1) is 13.8. The van der Waals surface area contributed by atoms with E-state index in [2.05, 4.69) is 5.32 Å². The van der Waals surface area contributed by atoms with Crippen molar-refractivity contribution in [2.24, 2.45) is 0 Å². The molecular weight excluding hydrogens is 286 g/mol. The van der Waals surface area contributed by atoms with Crippen molar-refractivity contribution in [1.82, 2.24) is 0 Å². The first-order chi connectivity index (χ1) is 10.3. The van der Waals surface area contributed by atoms with Crippen molar-refractivity contribution in [2.75, 3.05) is 11.9 Å². The minimum atomic E-state index is 0.435. The Kier molecular flexibility index (Phi) is 4.02. The van der Waals surface area contributed by atoms with Gasteiger partial charge in [0, 0.05) is 29.2 Å². The van der Waals surface area contributed by atoms with Crippen LogP contribution in [0.15, 0.2) is 52.9 Å². The van der Waals surface area contributed by atoms with Crippen molar-refractivity contribution in [3.8, 4) is 5.75 Å². The van der Waals surface area contributed by atoms with Gasteiger partial charge in [0.05, 0.1) is 6.61 Å². The van der Waals surface area contributed by atoms with Crippen molar-refractivity contribution in [1.29, 1.82) is 0 Å². The Morgan fingerprint density at radius 1 is 1.14 bits per heavy atom. The van der Waals surface area contributed by atoms with E-state index in [0.717, 1.165) is 28.0 Å². The zero-order valence-electron chi connectivity index (χ0n) is 11.7. The lowest BCUT2D eigenvalue weighted by Gasteiger charge is -2.08. The summed E-state index contributed by atoms with van der Waals surface area (Å²) in [5.41, 5.74) is 2.76. The number of benzene rings is 2. The van der Waals surface area contributed by atoms with Crippen LogP contribution >= 0.6 is 11.6 Å². The molecule has 0 amide bonds. The molecule has 4 heteroatoms. The molecule has 3 nitrogen and oxygen atoms in total. The van der Waals surface area contributed by atoms with Gasteiger partial charge in [-0.15, -0.1) is 0 Å². The van der Waals surface area contributed by atoms with Crippen molar-refractivity contribution in [3.63, 3.8) is 0 Å². The predicted molar refractivity (Wildman–Crippen MR) is 86.2 cm³/mol. The minimum absolute atomic E-state index is 0.435. The molecule has 0 fully saturated rings. The molecule has 0 unspecified atom stereocenters. The molecule has 1 N–H and O–H groups in total. The Bertz CT molecular complexity index is 751. The molecule has 21 heavy (non-hydrogen) atoms. The summed E-state index contributed by atoms with van der Waals surface area (Å²) < 4.78 is 11.0. The molecule has 0 spiro atoms. The number of furan rings is 1. The SMILES string of the molecule is CCOc1cccc(NCc2c(Cl)oc3ccccc23)c1. The van der Waals surface area contributed by atoms with Crippen LogP contribution < -0.4 is 10.1 Å². The lowest BCUT2D eigenvalue weighted by molar-refractivity contribution is 0.340. The molecule has 1 heterocycles. The molecule has 1 aromatic heterocycles. The molecule has 0 radical (unpaired) electrons. The molecule has 0 bridgehead atoms. The lowest BCUT2D eigenvalue weighted by Crippen LogP contribution is -2.00. The molecule has 3 aromatic rings. The molecule has 0 aliphatic rings. The van der Waals surface area contributed by atoms with Crippen LogP contribution in [0, 0.1) is 0 Å². The van der Waals surface area contributed by atoms with Crippen LogP contribution in [0.5, 0.6) is 5.75 Å². The summed E-state index contributed by atoms with van der Waals surface area (Å²) in [5.74, 6) is 0.852. The number of anilines is 1. The zero-order valence-corrected chi connectivity index (χ0v) is 12.5. The van der Waals surface area contributed by atoms with Gasteiger partial charge >= 0.3 is 0 Å². The average Bonchev–Trinajstić information content (AvgIpc) is 2.81. The van der Waals surface area contributed by atoms with Crippen LogP contribution in [0.2, 0.25) is 5.22 Å². The van der Waals surface area contributed by atoms with E-state index in [1.807, 2.05) is 55.5 Å². The van der Waals surface area contributed by atoms with Gasteiger partial charge < -0.3 is 14.5 Å². The van der Waals surface area contributed by atoms with Gasteiger partial charge in [-0.1, -0.05) is 24.3 Å². The van der Waals surface area contributed by atoms with Crippen LogP contribution in [-0.2, 0) is 6.54 Å². The predicted octanol–water partition coefficient (Wildman–Crippen LogP) is 5.10. The van der Waals surface area contributed by atoms with Crippen LogP contribution in [0.3, 0.4) is 0 Å². The van der Waals surface area contributed by atoms with E-state index in [1.165, 1.54) is 0 Å². The number of para-hydroxylation sites is 1. The molecule has 0 atom stereocenters. The molecule has 0 saturated carbocycles. The van der Waals surface area contributed by atoms with E-state index < -0.39 is 0 Å². The van der Waals surface area contributed by atoms with E-state index >= 15 is 0 Å². The second-order valence-electron chi connectivity index (χ2n) is 4.66. The Morgan fingerprint density at radius 3 is 2.86 bits per heavy atom. The monoisotopic (exact) mass is 301 g/mol. The van der Waals surface area contributed by atoms with Crippen molar-refractivity contribution < 1.29 is 9.15 Å². The fraction of sp³-hybridized carbons (Fsp3) is 0.176. The molecule has 0 aliphatic carbocycles. The summed E-state index contributed by atoms with van der Waals surface area (Å²) in [4.78, 5) is 0. The second-order valence-corrected chi connectivity index (χ2v) is 5.01. The standard InChI is InChI=1S/C17H16ClNO2/c1-2-20-13-7-5-6-12(10-13)19-11-15-14-8-3-4-9-16(14)21-17(15)18/h3-10,19H,2,11H2,1H3. The number of hydrogen-bond donors (Lipinski definition) is 1. The van der Waals surface area contributed by atoms with Gasteiger partial charge in [-0.25, -0.2) is 0 Å². The molecule has 3 rings (SSSR count). The van der Waals surface area contributed by atoms with Gasteiger partial charge in [0.25, 0.3) is 0 Å². The van der Waals surface area contributed by atoms with Gasteiger partial charge in [0.2, 0.25) is 0 Å². The third-order valence-corrected chi connectivity index (χ3v) is 3.57. The fourth-order valence-corrected chi connectivity index (χ4v) is 2.54. The molecular formula is C17H16ClNO2. The van der Waals surface area contributed by atoms with Gasteiger partial charge in [-0.2, -0.15) is 0 Å².